The van der Waals surface area contributed by atoms with Crippen LogP contribution >= 0.6 is 0 Å². The number of hydrazone groups is 1. The summed E-state index contributed by atoms with van der Waals surface area (Å²) in [4.78, 5) is 21.7. The summed E-state index contributed by atoms with van der Waals surface area (Å²) in [5, 5.41) is 13.6. The average Bonchev–Trinajstić information content (AvgIpc) is 3.28. The lowest BCUT2D eigenvalue weighted by Crippen LogP contribution is -2.19. The molecule has 0 unspecified atom stereocenters. The molecule has 3 aromatic rings. The molecule has 1 aliphatic rings. The van der Waals surface area contributed by atoms with E-state index >= 15 is 0 Å². The molecule has 7 heteroatoms. The second-order valence-corrected chi connectivity index (χ2v) is 7.17. The fourth-order valence-corrected chi connectivity index (χ4v) is 3.58. The quantitative estimate of drug-likeness (QED) is 0.490. The molecule has 150 valence electrons. The van der Waals surface area contributed by atoms with Crippen molar-refractivity contribution in [2.24, 2.45) is 5.10 Å². The Morgan fingerprint density at radius 3 is 2.63 bits per heavy atom. The van der Waals surface area contributed by atoms with Gasteiger partial charge in [-0.1, -0.05) is 54.6 Å². The molecule has 0 bridgehead atoms. The van der Waals surface area contributed by atoms with Crippen LogP contribution in [0.15, 0.2) is 64.5 Å². The highest BCUT2D eigenvalue weighted by molar-refractivity contribution is 5.82. The number of hydrogen-bond acceptors (Lipinski definition) is 6. The van der Waals surface area contributed by atoms with Crippen LogP contribution in [0.3, 0.4) is 0 Å². The summed E-state index contributed by atoms with van der Waals surface area (Å²) in [5.74, 6) is 0.186. The third-order valence-corrected chi connectivity index (χ3v) is 5.10. The minimum absolute atomic E-state index is 0.0216. The van der Waals surface area contributed by atoms with Crippen LogP contribution in [0.25, 0.3) is 11.3 Å². The van der Waals surface area contributed by atoms with E-state index in [2.05, 4.69) is 31.5 Å². The van der Waals surface area contributed by atoms with Gasteiger partial charge in [0.2, 0.25) is 5.95 Å². The maximum absolute atomic E-state index is 12.3. The fraction of sp³-hybridized carbons (Fsp3) is 0.217. The molecular weight excluding hydrogens is 376 g/mol. The van der Waals surface area contributed by atoms with Crippen LogP contribution in [0, 0.1) is 11.3 Å². The van der Waals surface area contributed by atoms with Gasteiger partial charge in [0.05, 0.1) is 11.9 Å². The average molecular weight is 398 g/mol. The van der Waals surface area contributed by atoms with Gasteiger partial charge in [0, 0.05) is 12.1 Å². The van der Waals surface area contributed by atoms with Crippen molar-refractivity contribution in [2.45, 2.75) is 19.4 Å². The van der Waals surface area contributed by atoms with E-state index in [4.69, 9.17) is 0 Å². The van der Waals surface area contributed by atoms with Crippen LogP contribution in [0.5, 0.6) is 0 Å². The zero-order chi connectivity index (χ0) is 20.8. The molecule has 0 spiro atoms. The maximum atomic E-state index is 12.3. The van der Waals surface area contributed by atoms with Crippen LogP contribution in [0.1, 0.15) is 29.5 Å². The van der Waals surface area contributed by atoms with E-state index in [9.17, 15) is 10.1 Å². The Hall–Kier alpha value is -3.76. The fourth-order valence-electron chi connectivity index (χ4n) is 3.58. The number of hydrogen-bond donors (Lipinski definition) is 2. The summed E-state index contributed by atoms with van der Waals surface area (Å²) >= 11 is 0. The van der Waals surface area contributed by atoms with E-state index in [1.807, 2.05) is 54.6 Å². The molecule has 1 aliphatic heterocycles. The number of anilines is 1. The molecule has 1 fully saturated rings. The van der Waals surface area contributed by atoms with E-state index < -0.39 is 5.56 Å². The van der Waals surface area contributed by atoms with Crippen molar-refractivity contribution >= 4 is 12.2 Å². The van der Waals surface area contributed by atoms with Crippen LogP contribution in [-0.2, 0) is 6.54 Å². The minimum atomic E-state index is -0.501. The summed E-state index contributed by atoms with van der Waals surface area (Å²) in [6.45, 7) is 3.15. The van der Waals surface area contributed by atoms with Gasteiger partial charge in [-0.25, -0.2) is 10.4 Å². The predicted molar refractivity (Wildman–Crippen MR) is 117 cm³/mol. The van der Waals surface area contributed by atoms with Gasteiger partial charge < -0.3 is 0 Å². The predicted octanol–water partition coefficient (Wildman–Crippen LogP) is 3.35. The molecule has 7 nitrogen and oxygen atoms in total. The molecule has 0 atom stereocenters. The monoisotopic (exact) mass is 398 g/mol. The Bertz CT molecular complexity index is 1140. The SMILES string of the molecule is N#Cc1c(-c2ccccc2)nc(NN=Cc2ccccc2CN2CCCC2)[nH]c1=O. The number of nitrogens with zero attached hydrogens (tertiary/aromatic N) is 4. The molecule has 0 aliphatic carbocycles. The third kappa shape index (κ3) is 4.45. The van der Waals surface area contributed by atoms with Crippen molar-refractivity contribution in [3.63, 3.8) is 0 Å². The molecule has 0 saturated carbocycles. The first-order chi connectivity index (χ1) is 14.7. The smallest absolute Gasteiger partial charge is 0.270 e. The minimum Gasteiger partial charge on any atom is -0.299 e. The van der Waals surface area contributed by atoms with E-state index in [-0.39, 0.29) is 11.5 Å². The largest absolute Gasteiger partial charge is 0.299 e. The summed E-state index contributed by atoms with van der Waals surface area (Å²) in [6.07, 6.45) is 4.23. The van der Waals surface area contributed by atoms with Crippen molar-refractivity contribution in [1.29, 1.82) is 5.26 Å². The molecule has 0 amide bonds. The van der Waals surface area contributed by atoms with Gasteiger partial charge >= 0.3 is 0 Å². The van der Waals surface area contributed by atoms with Crippen molar-refractivity contribution in [2.75, 3.05) is 18.5 Å². The number of likely N-dealkylation sites (tertiary alicyclic amines) is 1. The molecule has 2 aromatic carbocycles. The van der Waals surface area contributed by atoms with Crippen molar-refractivity contribution in [3.05, 3.63) is 81.6 Å². The van der Waals surface area contributed by atoms with Crippen LogP contribution in [-0.4, -0.2) is 34.2 Å². The molecule has 4 rings (SSSR count). The van der Waals surface area contributed by atoms with Gasteiger partial charge in [0.25, 0.3) is 5.56 Å². The summed E-state index contributed by atoms with van der Waals surface area (Å²) in [7, 11) is 0. The van der Waals surface area contributed by atoms with Crippen molar-refractivity contribution < 1.29 is 0 Å². The van der Waals surface area contributed by atoms with E-state index in [1.165, 1.54) is 18.4 Å². The summed E-state index contributed by atoms with van der Waals surface area (Å²) in [5.41, 5.74) is 5.51. The van der Waals surface area contributed by atoms with Crippen LogP contribution in [0.2, 0.25) is 0 Å². The van der Waals surface area contributed by atoms with Crippen LogP contribution in [0.4, 0.5) is 5.95 Å². The van der Waals surface area contributed by atoms with Gasteiger partial charge in [-0.05, 0) is 37.1 Å². The molecule has 1 aromatic heterocycles. The number of nitriles is 1. The highest BCUT2D eigenvalue weighted by Crippen LogP contribution is 2.19. The lowest BCUT2D eigenvalue weighted by molar-refractivity contribution is 0.331. The Morgan fingerprint density at radius 1 is 1.13 bits per heavy atom. The van der Waals surface area contributed by atoms with E-state index in [1.54, 1.807) is 6.21 Å². The first kappa shape index (κ1) is 19.6. The normalized spacial score (nSPS) is 14.1. The van der Waals surface area contributed by atoms with Gasteiger partial charge in [-0.3, -0.25) is 14.7 Å². The van der Waals surface area contributed by atoms with Gasteiger partial charge in [-0.2, -0.15) is 10.4 Å². The highest BCUT2D eigenvalue weighted by Gasteiger charge is 2.14. The van der Waals surface area contributed by atoms with Crippen molar-refractivity contribution in [3.8, 4) is 17.3 Å². The zero-order valence-electron chi connectivity index (χ0n) is 16.5. The molecular formula is C23H22N6O. The number of aromatic amines is 1. The topological polar surface area (TPSA) is 97.2 Å². The van der Waals surface area contributed by atoms with Gasteiger partial charge in [0.15, 0.2) is 0 Å². The van der Waals surface area contributed by atoms with E-state index in [0.29, 0.717) is 11.3 Å². The standard InChI is InChI=1S/C23H22N6O/c24-14-20-21(17-8-2-1-3-9-17)26-23(27-22(20)30)28-25-15-18-10-4-5-11-19(18)16-29-12-6-7-13-29/h1-5,8-11,15H,6-7,12-13,16H2,(H2,26,27,28,30). The lowest BCUT2D eigenvalue weighted by atomic mass is 10.1. The number of aromatic nitrogens is 2. The number of nitrogens with one attached hydrogen (secondary N) is 2. The Labute approximate surface area is 174 Å². The molecule has 30 heavy (non-hydrogen) atoms. The number of H-pyrrole nitrogens is 1. The summed E-state index contributed by atoms with van der Waals surface area (Å²) in [6, 6.07) is 19.2. The molecule has 2 N–H and O–H groups in total. The number of rotatable bonds is 6. The second kappa shape index (κ2) is 9.16. The second-order valence-electron chi connectivity index (χ2n) is 7.17. The van der Waals surface area contributed by atoms with Gasteiger partial charge in [-0.15, -0.1) is 0 Å². The van der Waals surface area contributed by atoms with Crippen LogP contribution < -0.4 is 11.0 Å². The van der Waals surface area contributed by atoms with Crippen molar-refractivity contribution in [1.82, 2.24) is 14.9 Å². The zero-order valence-corrected chi connectivity index (χ0v) is 16.5. The Morgan fingerprint density at radius 2 is 1.87 bits per heavy atom. The Balaban J connectivity index is 1.56. The highest BCUT2D eigenvalue weighted by atomic mass is 16.1. The number of benzene rings is 2. The first-order valence-corrected chi connectivity index (χ1v) is 9.94. The third-order valence-electron chi connectivity index (χ3n) is 5.10. The molecule has 2 heterocycles. The maximum Gasteiger partial charge on any atom is 0.270 e. The Kier molecular flexibility index (Phi) is 5.97. The lowest BCUT2D eigenvalue weighted by Gasteiger charge is -2.16. The molecule has 1 saturated heterocycles. The van der Waals surface area contributed by atoms with E-state index in [0.717, 1.165) is 25.2 Å². The molecule has 0 radical (unpaired) electrons. The van der Waals surface area contributed by atoms with Gasteiger partial charge in [0.1, 0.15) is 11.6 Å². The summed E-state index contributed by atoms with van der Waals surface area (Å²) < 4.78 is 0. The first-order valence-electron chi connectivity index (χ1n) is 9.94.